The molecule has 2 rings (SSSR count). The summed E-state index contributed by atoms with van der Waals surface area (Å²) >= 11 is 6.57. The van der Waals surface area contributed by atoms with Crippen LogP contribution >= 0.6 is 11.6 Å². The third-order valence-electron chi connectivity index (χ3n) is 2.86. The Labute approximate surface area is 145 Å². The van der Waals surface area contributed by atoms with E-state index in [1.54, 1.807) is 12.1 Å². The van der Waals surface area contributed by atoms with Crippen LogP contribution in [-0.4, -0.2) is 39.3 Å². The van der Waals surface area contributed by atoms with Gasteiger partial charge in [-0.05, 0) is 0 Å². The number of ether oxygens (including phenoxy) is 1. The van der Waals surface area contributed by atoms with E-state index in [0.29, 0.717) is 24.4 Å². The molecule has 0 radical (unpaired) electrons. The Bertz CT molecular complexity index is 756. The van der Waals surface area contributed by atoms with Crippen LogP contribution in [0, 0.1) is 13.5 Å². The van der Waals surface area contributed by atoms with Crippen LogP contribution in [0.25, 0.3) is 4.85 Å². The molecule has 3 nitrogen and oxygen atoms in total. The Hall–Kier alpha value is -1.27. The molecule has 2 aromatic carbocycles. The zero-order valence-electron chi connectivity index (χ0n) is 11.9. The molecule has 6 heteroatoms. The Morgan fingerprint density at radius 3 is 2.41 bits per heavy atom. The van der Waals surface area contributed by atoms with Gasteiger partial charge in [0, 0.05) is 0 Å². The number of nitrogens with zero attached hydrogens (tertiary/aromatic N) is 1. The van der Waals surface area contributed by atoms with Gasteiger partial charge in [0.2, 0.25) is 0 Å². The van der Waals surface area contributed by atoms with Gasteiger partial charge in [0.25, 0.3) is 0 Å². The molecule has 0 atom stereocenters. The molecule has 112 valence electrons. The quantitative estimate of drug-likeness (QED) is 0.412. The van der Waals surface area contributed by atoms with Crippen molar-refractivity contribution in [3.63, 3.8) is 0 Å². The average Bonchev–Trinajstić information content (AvgIpc) is 2.55. The predicted octanol–water partition coefficient (Wildman–Crippen LogP) is 2.26. The topological polar surface area (TPSA) is 30.7 Å². The molecule has 0 fully saturated rings. The Kier molecular flexibility index (Phi) is 6.08. The number of benzene rings is 2. The first kappa shape index (κ1) is 17.1. The summed E-state index contributed by atoms with van der Waals surface area (Å²) in [5.41, 5.74) is 1.76. The molecule has 0 unspecified atom stereocenters. The van der Waals surface area contributed by atoms with E-state index >= 15 is 0 Å². The van der Waals surface area contributed by atoms with Gasteiger partial charge >= 0.3 is 146 Å². The summed E-state index contributed by atoms with van der Waals surface area (Å²) in [6, 6.07) is 11.5. The first-order chi connectivity index (χ1) is 10.5. The number of methoxy groups -OCH3 is 1. The van der Waals surface area contributed by atoms with Crippen molar-refractivity contribution in [2.75, 3.05) is 7.11 Å². The van der Waals surface area contributed by atoms with Crippen molar-refractivity contribution in [1.29, 1.82) is 0 Å². The van der Waals surface area contributed by atoms with Crippen LogP contribution in [0.4, 0.5) is 5.69 Å². The van der Waals surface area contributed by atoms with E-state index in [-0.39, 0.29) is 13.1 Å². The van der Waals surface area contributed by atoms with Gasteiger partial charge in [0.15, 0.2) is 0 Å². The van der Waals surface area contributed by atoms with Crippen LogP contribution in [-0.2, 0) is 4.74 Å². The minimum atomic E-state index is -0.460. The molecule has 0 aliphatic heterocycles. The fourth-order valence-corrected chi connectivity index (χ4v) is 7.92. The van der Waals surface area contributed by atoms with Gasteiger partial charge in [-0.15, -0.1) is 0 Å². The molecular weight excluding hydrogens is 432 g/mol. The number of aryl methyl sites for hydroxylation is 1. The van der Waals surface area contributed by atoms with E-state index in [9.17, 15) is 4.79 Å². The van der Waals surface area contributed by atoms with E-state index in [4.69, 9.17) is 22.9 Å². The van der Waals surface area contributed by atoms with Gasteiger partial charge < -0.3 is 0 Å². The van der Waals surface area contributed by atoms with Crippen LogP contribution in [0.1, 0.15) is 15.9 Å². The van der Waals surface area contributed by atoms with E-state index < -0.39 is 5.97 Å². The monoisotopic (exact) mass is 445 g/mol. The fraction of sp³-hybridized carbons (Fsp3) is 0.125. The second kappa shape index (κ2) is 7.83. The molecule has 2 aromatic rings. The summed E-state index contributed by atoms with van der Waals surface area (Å²) in [6.45, 7) is 9.11. The summed E-state index contributed by atoms with van der Waals surface area (Å²) in [6.07, 6.45) is 0. The number of carbonyl (C=O) groups excluding carboxylic acids is 1. The Morgan fingerprint density at radius 2 is 1.82 bits per heavy atom. The standard InChI is InChI=1S/C16H12ClNO2Se2/c1-10-8-11(4-6-14(10)17)21-22-12-5-7-15(18-2)13(9-12)16(19)20-3/h4-9H,1,3H3. The zero-order valence-corrected chi connectivity index (χ0v) is 16.1. The van der Waals surface area contributed by atoms with Crippen molar-refractivity contribution in [2.24, 2.45) is 0 Å². The van der Waals surface area contributed by atoms with Crippen molar-refractivity contribution < 1.29 is 9.53 Å². The molecule has 22 heavy (non-hydrogen) atoms. The van der Waals surface area contributed by atoms with E-state index in [1.165, 1.54) is 11.6 Å². The van der Waals surface area contributed by atoms with Crippen LogP contribution in [0.5, 0.6) is 0 Å². The predicted molar refractivity (Wildman–Crippen MR) is 91.0 cm³/mol. The summed E-state index contributed by atoms with van der Waals surface area (Å²) in [5.74, 6) is -0.460. The third-order valence-corrected chi connectivity index (χ3v) is 10.4. The molecule has 0 aliphatic rings. The van der Waals surface area contributed by atoms with Gasteiger partial charge in [0.05, 0.1) is 0 Å². The number of halogens is 1. The molecule has 0 N–H and O–H groups in total. The molecule has 0 spiro atoms. The third kappa shape index (κ3) is 4.14. The Balaban J connectivity index is 2.18. The van der Waals surface area contributed by atoms with Crippen molar-refractivity contribution in [3.8, 4) is 0 Å². The second-order valence-electron chi connectivity index (χ2n) is 4.36. The second-order valence-corrected chi connectivity index (χ2v) is 11.1. The maximum absolute atomic E-state index is 11.7. The number of hydrogen-bond donors (Lipinski definition) is 0. The van der Waals surface area contributed by atoms with Gasteiger partial charge in [-0.25, -0.2) is 0 Å². The summed E-state index contributed by atoms with van der Waals surface area (Å²) < 4.78 is 7.11. The number of rotatable bonds is 4. The van der Waals surface area contributed by atoms with E-state index in [0.717, 1.165) is 15.0 Å². The van der Waals surface area contributed by atoms with Crippen LogP contribution in [0.15, 0.2) is 36.4 Å². The Morgan fingerprint density at radius 1 is 1.18 bits per heavy atom. The number of hydrogen-bond acceptors (Lipinski definition) is 2. The first-order valence-electron chi connectivity index (χ1n) is 6.25. The first-order valence-corrected chi connectivity index (χ1v) is 12.7. The summed E-state index contributed by atoms with van der Waals surface area (Å²) in [7, 11) is 1.33. The summed E-state index contributed by atoms with van der Waals surface area (Å²) in [4.78, 5) is 15.1. The normalized spacial score (nSPS) is 10.1. The molecule has 0 heterocycles. The van der Waals surface area contributed by atoms with E-state index in [2.05, 4.69) is 10.9 Å². The van der Waals surface area contributed by atoms with Gasteiger partial charge in [0.1, 0.15) is 0 Å². The van der Waals surface area contributed by atoms with E-state index in [1.807, 2.05) is 25.1 Å². The van der Waals surface area contributed by atoms with Crippen molar-refractivity contribution in [1.82, 2.24) is 0 Å². The van der Waals surface area contributed by atoms with Gasteiger partial charge in [-0.1, -0.05) is 0 Å². The average molecular weight is 444 g/mol. The molecule has 0 aromatic heterocycles. The molecule has 0 amide bonds. The van der Waals surface area contributed by atoms with Crippen LogP contribution < -0.4 is 8.92 Å². The van der Waals surface area contributed by atoms with Crippen molar-refractivity contribution in [2.45, 2.75) is 6.92 Å². The molecule has 0 aliphatic carbocycles. The minimum absolute atomic E-state index is 0.233. The number of carbonyl (C=O) groups is 1. The molecular formula is C16H12ClNO2Se2. The SMILES string of the molecule is [C-]#[N+]c1ccc([Se][Se]c2ccc(Cl)c(C)c2)cc1C(=O)OC. The van der Waals surface area contributed by atoms with Crippen molar-refractivity contribution in [3.05, 3.63) is 64.0 Å². The number of esters is 1. The molecule has 0 saturated heterocycles. The van der Waals surface area contributed by atoms with Crippen LogP contribution in [0.3, 0.4) is 0 Å². The van der Waals surface area contributed by atoms with Gasteiger partial charge in [-0.3, -0.25) is 0 Å². The maximum atomic E-state index is 11.7. The molecule has 0 saturated carbocycles. The van der Waals surface area contributed by atoms with Crippen molar-refractivity contribution >= 4 is 58.4 Å². The fourth-order valence-electron chi connectivity index (χ4n) is 1.70. The van der Waals surface area contributed by atoms with Gasteiger partial charge in [-0.2, -0.15) is 0 Å². The van der Waals surface area contributed by atoms with Crippen LogP contribution in [0.2, 0.25) is 5.02 Å². The zero-order chi connectivity index (χ0) is 16.1. The summed E-state index contributed by atoms with van der Waals surface area (Å²) in [5, 5.41) is 0.779. The molecule has 0 bridgehead atoms.